The number of hydrogen-bond donors (Lipinski definition) is 1. The highest BCUT2D eigenvalue weighted by atomic mass is 28.4. The SMILES string of the molecule is CC(C)[C@H]1NCCC[C@@H]1O[Si](c1ccccc1)(c1ccccc1)C(C)(C)C. The molecule has 0 radical (unpaired) electrons. The van der Waals surface area contributed by atoms with Crippen molar-refractivity contribution in [1.82, 2.24) is 5.32 Å². The zero-order valence-corrected chi connectivity index (χ0v) is 18.5. The second-order valence-electron chi connectivity index (χ2n) is 9.19. The Morgan fingerprint density at radius 1 is 0.926 bits per heavy atom. The average Bonchev–Trinajstić information content (AvgIpc) is 2.66. The van der Waals surface area contributed by atoms with Gasteiger partial charge >= 0.3 is 0 Å². The Morgan fingerprint density at radius 3 is 1.89 bits per heavy atom. The third kappa shape index (κ3) is 4.06. The van der Waals surface area contributed by atoms with Crippen LogP contribution in [0, 0.1) is 5.92 Å². The van der Waals surface area contributed by atoms with Gasteiger partial charge in [-0.3, -0.25) is 0 Å². The maximum absolute atomic E-state index is 7.37. The van der Waals surface area contributed by atoms with Crippen LogP contribution in [0.5, 0.6) is 0 Å². The van der Waals surface area contributed by atoms with Crippen LogP contribution in [0.2, 0.25) is 5.04 Å². The highest BCUT2D eigenvalue weighted by Crippen LogP contribution is 2.39. The molecule has 0 saturated carbocycles. The molecule has 3 rings (SSSR count). The van der Waals surface area contributed by atoms with Crippen molar-refractivity contribution < 1.29 is 4.43 Å². The largest absolute Gasteiger partial charge is 0.403 e. The van der Waals surface area contributed by atoms with Gasteiger partial charge in [-0.1, -0.05) is 95.3 Å². The lowest BCUT2D eigenvalue weighted by Crippen LogP contribution is -2.69. The number of hydrogen-bond acceptors (Lipinski definition) is 2. The molecule has 0 bridgehead atoms. The summed E-state index contributed by atoms with van der Waals surface area (Å²) in [6.45, 7) is 12.8. The topological polar surface area (TPSA) is 21.3 Å². The molecule has 1 aliphatic rings. The van der Waals surface area contributed by atoms with E-state index in [1.54, 1.807) is 0 Å². The van der Waals surface area contributed by atoms with Crippen molar-refractivity contribution in [3.63, 3.8) is 0 Å². The molecular weight excluding hydrogens is 346 g/mol. The van der Waals surface area contributed by atoms with Gasteiger partial charge in [-0.25, -0.2) is 0 Å². The van der Waals surface area contributed by atoms with Gasteiger partial charge in [0.15, 0.2) is 0 Å². The van der Waals surface area contributed by atoms with Crippen molar-refractivity contribution in [2.45, 2.75) is 64.6 Å². The minimum Gasteiger partial charge on any atom is -0.403 e. The summed E-state index contributed by atoms with van der Waals surface area (Å²) in [6, 6.07) is 22.4. The fourth-order valence-electron chi connectivity index (χ4n) is 4.60. The van der Waals surface area contributed by atoms with Crippen LogP contribution in [0.1, 0.15) is 47.5 Å². The maximum atomic E-state index is 7.37. The lowest BCUT2D eigenvalue weighted by Gasteiger charge is -2.48. The quantitative estimate of drug-likeness (QED) is 0.778. The van der Waals surface area contributed by atoms with Crippen molar-refractivity contribution in [2.75, 3.05) is 6.54 Å². The van der Waals surface area contributed by atoms with E-state index in [0.717, 1.165) is 13.0 Å². The van der Waals surface area contributed by atoms with Crippen molar-refractivity contribution in [1.29, 1.82) is 0 Å². The first-order valence-electron chi connectivity index (χ1n) is 10.4. The van der Waals surface area contributed by atoms with Gasteiger partial charge in [-0.15, -0.1) is 0 Å². The van der Waals surface area contributed by atoms with E-state index in [9.17, 15) is 0 Å². The van der Waals surface area contributed by atoms with E-state index < -0.39 is 8.32 Å². The van der Waals surface area contributed by atoms with Crippen LogP contribution in [0.15, 0.2) is 60.7 Å². The molecule has 2 atom stereocenters. The lowest BCUT2D eigenvalue weighted by molar-refractivity contribution is 0.0882. The van der Waals surface area contributed by atoms with E-state index in [4.69, 9.17) is 4.43 Å². The average molecular weight is 382 g/mol. The Kier molecular flexibility index (Phi) is 6.24. The Balaban J connectivity index is 2.14. The van der Waals surface area contributed by atoms with E-state index >= 15 is 0 Å². The first-order chi connectivity index (χ1) is 12.9. The molecule has 0 aromatic heterocycles. The normalized spacial score (nSPS) is 21.4. The molecule has 2 nitrogen and oxygen atoms in total. The van der Waals surface area contributed by atoms with Gasteiger partial charge in [-0.2, -0.15) is 0 Å². The first-order valence-corrected chi connectivity index (χ1v) is 12.3. The molecule has 1 heterocycles. The molecule has 2 aromatic rings. The van der Waals surface area contributed by atoms with Gasteiger partial charge in [0.2, 0.25) is 0 Å². The molecule has 0 spiro atoms. The Morgan fingerprint density at radius 2 is 1.44 bits per heavy atom. The van der Waals surface area contributed by atoms with E-state index in [1.165, 1.54) is 16.8 Å². The third-order valence-corrected chi connectivity index (χ3v) is 11.0. The van der Waals surface area contributed by atoms with Crippen molar-refractivity contribution in [2.24, 2.45) is 5.92 Å². The summed E-state index contributed by atoms with van der Waals surface area (Å²) in [5, 5.41) is 6.52. The maximum Gasteiger partial charge on any atom is 0.261 e. The van der Waals surface area contributed by atoms with E-state index in [2.05, 4.69) is 101 Å². The molecule has 2 aromatic carbocycles. The summed E-state index contributed by atoms with van der Waals surface area (Å²) in [7, 11) is -2.46. The predicted octanol–water partition coefficient (Wildman–Crippen LogP) is 4.34. The summed E-state index contributed by atoms with van der Waals surface area (Å²) in [5.74, 6) is 0.563. The third-order valence-electron chi connectivity index (χ3n) is 5.91. The predicted molar refractivity (Wildman–Crippen MR) is 118 cm³/mol. The van der Waals surface area contributed by atoms with Gasteiger partial charge in [0.25, 0.3) is 8.32 Å². The molecule has 1 saturated heterocycles. The second kappa shape index (κ2) is 8.30. The standard InChI is InChI=1S/C24H35NOSi/c1-19(2)23-22(17-12-18-25-23)26-27(24(3,4)5,20-13-8-6-9-14-20)21-15-10-7-11-16-21/h6-11,13-16,19,22-23,25H,12,17-18H2,1-5H3/t22-,23+/m0/s1. The molecule has 0 unspecified atom stereocenters. The first kappa shape index (κ1) is 20.3. The highest BCUT2D eigenvalue weighted by Gasteiger charge is 2.52. The van der Waals surface area contributed by atoms with Crippen LogP contribution in [0.25, 0.3) is 0 Å². The summed E-state index contributed by atoms with van der Waals surface area (Å²) >= 11 is 0. The van der Waals surface area contributed by atoms with E-state index in [-0.39, 0.29) is 11.1 Å². The fourth-order valence-corrected chi connectivity index (χ4v) is 9.33. The summed E-state index contributed by atoms with van der Waals surface area (Å²) in [5.41, 5.74) is 0. The van der Waals surface area contributed by atoms with Crippen molar-refractivity contribution in [3.05, 3.63) is 60.7 Å². The molecule has 146 valence electrons. The van der Waals surface area contributed by atoms with Gasteiger partial charge < -0.3 is 9.74 Å². The molecule has 1 aliphatic heterocycles. The van der Waals surface area contributed by atoms with E-state index in [0.29, 0.717) is 12.0 Å². The Labute approximate surface area is 166 Å². The molecule has 1 N–H and O–H groups in total. The van der Waals surface area contributed by atoms with Crippen LogP contribution in [-0.4, -0.2) is 27.0 Å². The van der Waals surface area contributed by atoms with E-state index in [1.807, 2.05) is 0 Å². The van der Waals surface area contributed by atoms with Crippen LogP contribution in [0.4, 0.5) is 0 Å². The summed E-state index contributed by atoms with van der Waals surface area (Å²) < 4.78 is 7.37. The van der Waals surface area contributed by atoms with Gasteiger partial charge in [0.05, 0.1) is 6.10 Å². The monoisotopic (exact) mass is 381 g/mol. The molecule has 27 heavy (non-hydrogen) atoms. The Hall–Kier alpha value is -1.42. The molecule has 0 amide bonds. The van der Waals surface area contributed by atoms with Gasteiger partial charge in [0, 0.05) is 6.04 Å². The molecule has 0 aliphatic carbocycles. The zero-order chi connectivity index (χ0) is 19.5. The van der Waals surface area contributed by atoms with Crippen LogP contribution >= 0.6 is 0 Å². The number of benzene rings is 2. The molecule has 3 heteroatoms. The number of piperidine rings is 1. The minimum absolute atomic E-state index is 0.0364. The van der Waals surface area contributed by atoms with Crippen LogP contribution in [0.3, 0.4) is 0 Å². The highest BCUT2D eigenvalue weighted by molar-refractivity contribution is 6.99. The summed E-state index contributed by atoms with van der Waals surface area (Å²) in [4.78, 5) is 0. The van der Waals surface area contributed by atoms with Gasteiger partial charge in [0.1, 0.15) is 0 Å². The van der Waals surface area contributed by atoms with Crippen LogP contribution in [-0.2, 0) is 4.43 Å². The molecular formula is C24H35NOSi. The zero-order valence-electron chi connectivity index (χ0n) is 17.5. The fraction of sp³-hybridized carbons (Fsp3) is 0.500. The van der Waals surface area contributed by atoms with Crippen molar-refractivity contribution >= 4 is 18.7 Å². The Bertz CT molecular complexity index is 669. The number of rotatable bonds is 5. The van der Waals surface area contributed by atoms with Crippen LogP contribution < -0.4 is 15.7 Å². The smallest absolute Gasteiger partial charge is 0.261 e. The van der Waals surface area contributed by atoms with Crippen molar-refractivity contribution in [3.8, 4) is 0 Å². The second-order valence-corrected chi connectivity index (χ2v) is 13.4. The summed E-state index contributed by atoms with van der Waals surface area (Å²) in [6.07, 6.45) is 2.58. The van der Waals surface area contributed by atoms with Gasteiger partial charge in [-0.05, 0) is 40.7 Å². The minimum atomic E-state index is -2.46. The lowest BCUT2D eigenvalue weighted by atomic mass is 9.92. The molecule has 1 fully saturated rings. The number of nitrogens with one attached hydrogen (secondary N) is 1.